The smallest absolute Gasteiger partial charge is 0.272 e. The van der Waals surface area contributed by atoms with Crippen molar-refractivity contribution in [3.05, 3.63) is 71.9 Å². The highest BCUT2D eigenvalue weighted by Gasteiger charge is 2.21. The number of carbonyl (C=O) groups is 1. The second-order valence-corrected chi connectivity index (χ2v) is 5.21. The Balaban J connectivity index is 1.85. The lowest BCUT2D eigenvalue weighted by Crippen LogP contribution is -2.29. The van der Waals surface area contributed by atoms with Crippen LogP contribution in [0.3, 0.4) is 0 Å². The standard InChI is InChI=1S/C18H17N3O2/c22-12-11-15(13-7-3-1-4-8-13)19-18(23)17-14-9-5-2-6-10-16(14)20-21-17/h1-10,15,22H,11-12H2,(H,19,23)/t15-/m1/s1. The molecule has 0 spiro atoms. The van der Waals surface area contributed by atoms with Gasteiger partial charge in [-0.05, 0) is 18.1 Å². The second-order valence-electron chi connectivity index (χ2n) is 5.21. The fraction of sp³-hybridized carbons (Fsp3) is 0.167. The minimum absolute atomic E-state index is 0.0117. The topological polar surface area (TPSA) is 75.1 Å². The van der Waals surface area contributed by atoms with E-state index in [-0.39, 0.29) is 18.6 Å². The lowest BCUT2D eigenvalue weighted by atomic mass is 10.0. The Bertz CT molecular complexity index is 761. The lowest BCUT2D eigenvalue weighted by molar-refractivity contribution is 0.0925. The summed E-state index contributed by atoms with van der Waals surface area (Å²) in [5.41, 5.74) is 2.64. The van der Waals surface area contributed by atoms with Gasteiger partial charge in [-0.15, -0.1) is 10.2 Å². The summed E-state index contributed by atoms with van der Waals surface area (Å²) in [5.74, 6) is -0.291. The molecular formula is C18H17N3O2. The van der Waals surface area contributed by atoms with E-state index >= 15 is 0 Å². The minimum atomic E-state index is -0.291. The van der Waals surface area contributed by atoms with Crippen LogP contribution in [-0.2, 0) is 0 Å². The Kier molecular flexibility index (Phi) is 4.59. The molecular weight excluding hydrogens is 290 g/mol. The summed E-state index contributed by atoms with van der Waals surface area (Å²) in [4.78, 5) is 12.6. The van der Waals surface area contributed by atoms with E-state index in [0.717, 1.165) is 5.56 Å². The Morgan fingerprint density at radius 3 is 2.43 bits per heavy atom. The maximum absolute atomic E-state index is 12.6. The van der Waals surface area contributed by atoms with E-state index in [0.29, 0.717) is 23.4 Å². The molecule has 1 aliphatic carbocycles. The maximum Gasteiger partial charge on any atom is 0.272 e. The third-order valence-electron chi connectivity index (χ3n) is 3.67. The van der Waals surface area contributed by atoms with Crippen LogP contribution < -0.4 is 5.32 Å². The Labute approximate surface area is 134 Å². The molecule has 1 heterocycles. The number of aliphatic hydroxyl groups excluding tert-OH is 1. The molecule has 0 bridgehead atoms. The number of benzene rings is 1. The fourth-order valence-electron chi connectivity index (χ4n) is 2.51. The van der Waals surface area contributed by atoms with E-state index in [9.17, 15) is 9.90 Å². The molecule has 2 N–H and O–H groups in total. The summed E-state index contributed by atoms with van der Waals surface area (Å²) in [7, 11) is 0. The second kappa shape index (κ2) is 6.98. The first-order valence-electron chi connectivity index (χ1n) is 7.47. The molecule has 0 unspecified atom stereocenters. The first-order chi connectivity index (χ1) is 11.3. The van der Waals surface area contributed by atoms with Gasteiger partial charge in [0.15, 0.2) is 5.69 Å². The zero-order valence-electron chi connectivity index (χ0n) is 12.5. The summed E-state index contributed by atoms with van der Waals surface area (Å²) < 4.78 is 0. The molecule has 0 fully saturated rings. The highest BCUT2D eigenvalue weighted by Crippen LogP contribution is 2.23. The third-order valence-corrected chi connectivity index (χ3v) is 3.67. The molecule has 1 atom stereocenters. The highest BCUT2D eigenvalue weighted by atomic mass is 16.3. The number of nitrogens with one attached hydrogen (secondary N) is 1. The molecule has 3 rings (SSSR count). The van der Waals surface area contributed by atoms with Crippen LogP contribution in [0, 0.1) is 0 Å². The molecule has 1 aromatic rings. The number of aromatic nitrogens is 2. The van der Waals surface area contributed by atoms with Gasteiger partial charge in [0.05, 0.1) is 11.7 Å². The Hall–Kier alpha value is -2.79. The number of hydrogen-bond acceptors (Lipinski definition) is 4. The van der Waals surface area contributed by atoms with Crippen LogP contribution in [0.4, 0.5) is 0 Å². The van der Waals surface area contributed by atoms with Gasteiger partial charge in [0.25, 0.3) is 5.91 Å². The number of carbonyl (C=O) groups excluding carboxylic acids is 1. The van der Waals surface area contributed by atoms with Gasteiger partial charge in [-0.1, -0.05) is 54.6 Å². The van der Waals surface area contributed by atoms with E-state index in [2.05, 4.69) is 15.5 Å². The van der Waals surface area contributed by atoms with Crippen molar-refractivity contribution in [1.29, 1.82) is 0 Å². The number of amides is 1. The molecule has 1 aromatic carbocycles. The van der Waals surface area contributed by atoms with E-state index in [1.165, 1.54) is 0 Å². The van der Waals surface area contributed by atoms with Gasteiger partial charge in [-0.3, -0.25) is 4.79 Å². The van der Waals surface area contributed by atoms with Crippen molar-refractivity contribution in [1.82, 2.24) is 15.5 Å². The normalized spacial score (nSPS) is 12.0. The molecule has 1 amide bonds. The van der Waals surface area contributed by atoms with E-state index in [4.69, 9.17) is 0 Å². The van der Waals surface area contributed by atoms with Crippen molar-refractivity contribution in [2.24, 2.45) is 0 Å². The third kappa shape index (κ3) is 3.35. The van der Waals surface area contributed by atoms with Gasteiger partial charge >= 0.3 is 0 Å². The van der Waals surface area contributed by atoms with Crippen molar-refractivity contribution >= 4 is 5.91 Å². The van der Waals surface area contributed by atoms with Crippen LogP contribution in [0.1, 0.15) is 28.5 Å². The average molecular weight is 307 g/mol. The molecule has 1 aliphatic heterocycles. The molecule has 5 nitrogen and oxygen atoms in total. The Morgan fingerprint density at radius 2 is 1.70 bits per heavy atom. The predicted molar refractivity (Wildman–Crippen MR) is 87.0 cm³/mol. The maximum atomic E-state index is 12.6. The average Bonchev–Trinajstić information content (AvgIpc) is 2.84. The molecule has 23 heavy (non-hydrogen) atoms. The zero-order valence-corrected chi connectivity index (χ0v) is 12.5. The molecule has 0 aromatic heterocycles. The minimum Gasteiger partial charge on any atom is -0.396 e. The van der Waals surface area contributed by atoms with Crippen molar-refractivity contribution in [2.75, 3.05) is 6.61 Å². The van der Waals surface area contributed by atoms with Gasteiger partial charge in [-0.2, -0.15) is 0 Å². The monoisotopic (exact) mass is 307 g/mol. The van der Waals surface area contributed by atoms with Crippen LogP contribution in [0.25, 0.3) is 11.3 Å². The van der Waals surface area contributed by atoms with Gasteiger partial charge < -0.3 is 10.4 Å². The van der Waals surface area contributed by atoms with Crippen molar-refractivity contribution in [3.63, 3.8) is 0 Å². The molecule has 0 radical (unpaired) electrons. The van der Waals surface area contributed by atoms with Crippen LogP contribution in [-0.4, -0.2) is 27.8 Å². The summed E-state index contributed by atoms with van der Waals surface area (Å²) in [6.07, 6.45) is 0.440. The molecule has 5 heteroatoms. The summed E-state index contributed by atoms with van der Waals surface area (Å²) >= 11 is 0. The SMILES string of the molecule is O=C(N[C@H](CCO)c1ccccc1)c1nnc2cccccc1-2. The number of rotatable bonds is 5. The molecule has 116 valence electrons. The van der Waals surface area contributed by atoms with Gasteiger partial charge in [-0.25, -0.2) is 0 Å². The van der Waals surface area contributed by atoms with Crippen LogP contribution >= 0.6 is 0 Å². The summed E-state index contributed by atoms with van der Waals surface area (Å²) in [6, 6.07) is 18.5. The van der Waals surface area contributed by atoms with E-state index in [1.54, 1.807) is 0 Å². The van der Waals surface area contributed by atoms with Crippen molar-refractivity contribution < 1.29 is 9.90 Å². The number of hydrogen-bond donors (Lipinski definition) is 2. The quantitative estimate of drug-likeness (QED) is 0.759. The highest BCUT2D eigenvalue weighted by molar-refractivity contribution is 5.99. The van der Waals surface area contributed by atoms with Gasteiger partial charge in [0.1, 0.15) is 0 Å². The zero-order chi connectivity index (χ0) is 16.1. The number of aliphatic hydroxyl groups is 1. The molecule has 0 saturated heterocycles. The molecule has 2 aliphatic rings. The fourth-order valence-corrected chi connectivity index (χ4v) is 2.51. The predicted octanol–water partition coefficient (Wildman–Crippen LogP) is 2.43. The number of fused-ring (bicyclic) bond motifs is 1. The summed E-state index contributed by atoms with van der Waals surface area (Å²) in [5, 5.41) is 20.3. The largest absolute Gasteiger partial charge is 0.396 e. The number of nitrogens with zero attached hydrogens (tertiary/aromatic N) is 2. The van der Waals surface area contributed by atoms with Crippen molar-refractivity contribution in [3.8, 4) is 11.3 Å². The van der Waals surface area contributed by atoms with Gasteiger partial charge in [0.2, 0.25) is 0 Å². The molecule has 0 saturated carbocycles. The first-order valence-corrected chi connectivity index (χ1v) is 7.47. The van der Waals surface area contributed by atoms with E-state index in [1.807, 2.05) is 60.7 Å². The van der Waals surface area contributed by atoms with Crippen LogP contribution in [0.2, 0.25) is 0 Å². The van der Waals surface area contributed by atoms with Crippen molar-refractivity contribution in [2.45, 2.75) is 12.5 Å². The van der Waals surface area contributed by atoms with E-state index < -0.39 is 0 Å². The van der Waals surface area contributed by atoms with Gasteiger partial charge in [0, 0.05) is 12.2 Å². The summed E-state index contributed by atoms with van der Waals surface area (Å²) in [6.45, 7) is -0.0117. The lowest BCUT2D eigenvalue weighted by Gasteiger charge is -2.17. The Morgan fingerprint density at radius 1 is 1.00 bits per heavy atom. The van der Waals surface area contributed by atoms with Crippen LogP contribution in [0.5, 0.6) is 0 Å². The van der Waals surface area contributed by atoms with Crippen LogP contribution in [0.15, 0.2) is 60.7 Å². The first kappa shape index (κ1) is 15.1.